The van der Waals surface area contributed by atoms with Crippen LogP contribution < -0.4 is 5.32 Å². The lowest BCUT2D eigenvalue weighted by Crippen LogP contribution is -2.44. The van der Waals surface area contributed by atoms with Crippen LogP contribution in [0, 0.1) is 13.8 Å². The minimum absolute atomic E-state index is 0.0648. The molecule has 1 N–H and O–H groups in total. The lowest BCUT2D eigenvalue weighted by atomic mass is 10.1. The van der Waals surface area contributed by atoms with E-state index in [-0.39, 0.29) is 11.9 Å². The highest BCUT2D eigenvalue weighted by molar-refractivity contribution is 5.95. The van der Waals surface area contributed by atoms with Crippen molar-refractivity contribution < 1.29 is 9.53 Å². The first-order valence-electron chi connectivity index (χ1n) is 7.92. The second-order valence-electron chi connectivity index (χ2n) is 5.89. The van der Waals surface area contributed by atoms with E-state index in [2.05, 4.69) is 20.4 Å². The molecule has 2 aromatic rings. The summed E-state index contributed by atoms with van der Waals surface area (Å²) < 4.78 is 7.24. The molecule has 0 unspecified atom stereocenters. The third-order valence-electron chi connectivity index (χ3n) is 4.06. The van der Waals surface area contributed by atoms with E-state index in [1.54, 1.807) is 15.8 Å². The van der Waals surface area contributed by atoms with Crippen molar-refractivity contribution >= 4 is 11.7 Å². The van der Waals surface area contributed by atoms with Gasteiger partial charge in [-0.05, 0) is 13.8 Å². The van der Waals surface area contributed by atoms with Gasteiger partial charge in [-0.2, -0.15) is 5.10 Å². The lowest BCUT2D eigenvalue weighted by molar-refractivity contribution is -0.00527. The van der Waals surface area contributed by atoms with Gasteiger partial charge in [-0.1, -0.05) is 0 Å². The molecule has 0 bridgehead atoms. The molecule has 1 atom stereocenters. The summed E-state index contributed by atoms with van der Waals surface area (Å²) in [4.78, 5) is 23.8. The minimum Gasteiger partial charge on any atom is -0.377 e. The van der Waals surface area contributed by atoms with E-state index >= 15 is 0 Å². The second-order valence-corrected chi connectivity index (χ2v) is 5.89. The van der Waals surface area contributed by atoms with Gasteiger partial charge in [0, 0.05) is 38.6 Å². The lowest BCUT2D eigenvalue weighted by Gasteiger charge is -2.34. The summed E-state index contributed by atoms with van der Waals surface area (Å²) in [7, 11) is 3.62. The number of aromatic nitrogens is 4. The van der Waals surface area contributed by atoms with Crippen molar-refractivity contribution in [1.29, 1.82) is 0 Å². The van der Waals surface area contributed by atoms with Crippen LogP contribution in [-0.4, -0.2) is 57.4 Å². The smallest absolute Gasteiger partial charge is 0.258 e. The molecule has 0 saturated carbocycles. The van der Waals surface area contributed by atoms with E-state index in [1.807, 2.05) is 34.0 Å². The number of nitrogens with one attached hydrogen (secondary N) is 1. The molecule has 3 heterocycles. The Kier molecular flexibility index (Phi) is 4.48. The highest BCUT2D eigenvalue weighted by Crippen LogP contribution is 2.25. The molecular weight excluding hydrogens is 308 g/mol. The maximum atomic E-state index is 13.0. The van der Waals surface area contributed by atoms with Gasteiger partial charge in [0.25, 0.3) is 5.91 Å². The standard InChI is InChI=1S/C16H22N6O2/c1-10-7-14(17-3)19-15(18-10)13-9-24-6-5-22(13)16(23)12-8-21(4)20-11(12)2/h7-8,13H,5-6,9H2,1-4H3,(H,17,18,19)/t13-/m0/s1. The zero-order valence-corrected chi connectivity index (χ0v) is 14.4. The largest absolute Gasteiger partial charge is 0.377 e. The quantitative estimate of drug-likeness (QED) is 0.906. The van der Waals surface area contributed by atoms with Crippen molar-refractivity contribution in [1.82, 2.24) is 24.6 Å². The van der Waals surface area contributed by atoms with Crippen LogP contribution in [-0.2, 0) is 11.8 Å². The number of ether oxygens (including phenoxy) is 1. The number of aryl methyl sites for hydroxylation is 3. The molecular formula is C16H22N6O2. The number of carbonyl (C=O) groups is 1. The molecule has 8 nitrogen and oxygen atoms in total. The van der Waals surface area contributed by atoms with Crippen molar-refractivity contribution in [3.05, 3.63) is 35.0 Å². The summed E-state index contributed by atoms with van der Waals surface area (Å²) in [5, 5.41) is 7.29. The molecule has 128 valence electrons. The van der Waals surface area contributed by atoms with Gasteiger partial charge >= 0.3 is 0 Å². The molecule has 0 spiro atoms. The van der Waals surface area contributed by atoms with Gasteiger partial charge in [-0.3, -0.25) is 9.48 Å². The van der Waals surface area contributed by atoms with Crippen molar-refractivity contribution in [2.75, 3.05) is 32.1 Å². The molecule has 0 aliphatic carbocycles. The SMILES string of the molecule is CNc1cc(C)nc([C@@H]2COCCN2C(=O)c2cn(C)nc2C)n1. The van der Waals surface area contributed by atoms with Crippen molar-refractivity contribution in [3.8, 4) is 0 Å². The van der Waals surface area contributed by atoms with Gasteiger partial charge in [0.1, 0.15) is 11.9 Å². The Labute approximate surface area is 140 Å². The van der Waals surface area contributed by atoms with Crippen LogP contribution >= 0.6 is 0 Å². The van der Waals surface area contributed by atoms with Gasteiger partial charge in [-0.15, -0.1) is 0 Å². The average molecular weight is 330 g/mol. The third-order valence-corrected chi connectivity index (χ3v) is 4.06. The van der Waals surface area contributed by atoms with E-state index in [0.29, 0.717) is 36.8 Å². The number of rotatable bonds is 3. The van der Waals surface area contributed by atoms with Crippen molar-refractivity contribution in [3.63, 3.8) is 0 Å². The first-order valence-corrected chi connectivity index (χ1v) is 7.92. The molecule has 1 aliphatic rings. The Morgan fingerprint density at radius 3 is 2.83 bits per heavy atom. The van der Waals surface area contributed by atoms with E-state index in [1.165, 1.54) is 0 Å². The van der Waals surface area contributed by atoms with Gasteiger partial charge in [0.05, 0.1) is 24.5 Å². The summed E-state index contributed by atoms with van der Waals surface area (Å²) in [6.45, 7) is 5.14. The van der Waals surface area contributed by atoms with Crippen LogP contribution in [0.15, 0.2) is 12.3 Å². The van der Waals surface area contributed by atoms with Gasteiger partial charge < -0.3 is 15.0 Å². The fourth-order valence-corrected chi connectivity index (χ4v) is 2.89. The van der Waals surface area contributed by atoms with Crippen LogP contribution in [0.5, 0.6) is 0 Å². The normalized spacial score (nSPS) is 17.8. The maximum absolute atomic E-state index is 13.0. The Bertz CT molecular complexity index is 757. The molecule has 0 aromatic carbocycles. The van der Waals surface area contributed by atoms with E-state index < -0.39 is 0 Å². The second kappa shape index (κ2) is 6.56. The monoisotopic (exact) mass is 330 g/mol. The zero-order chi connectivity index (χ0) is 17.3. The topological polar surface area (TPSA) is 85.2 Å². The molecule has 2 aromatic heterocycles. The van der Waals surface area contributed by atoms with Crippen molar-refractivity contribution in [2.45, 2.75) is 19.9 Å². The molecule has 8 heteroatoms. The Morgan fingerprint density at radius 2 is 2.17 bits per heavy atom. The Morgan fingerprint density at radius 1 is 1.38 bits per heavy atom. The summed E-state index contributed by atoms with van der Waals surface area (Å²) in [5.74, 6) is 1.26. The van der Waals surface area contributed by atoms with E-state index in [4.69, 9.17) is 4.74 Å². The summed E-state index contributed by atoms with van der Waals surface area (Å²) in [6, 6.07) is 1.56. The molecule has 24 heavy (non-hydrogen) atoms. The van der Waals surface area contributed by atoms with Gasteiger partial charge in [0.15, 0.2) is 5.82 Å². The minimum atomic E-state index is -0.308. The van der Waals surface area contributed by atoms with Crippen molar-refractivity contribution in [2.24, 2.45) is 7.05 Å². The number of hydrogen-bond acceptors (Lipinski definition) is 6. The number of amides is 1. The number of carbonyl (C=O) groups excluding carboxylic acids is 1. The zero-order valence-electron chi connectivity index (χ0n) is 14.4. The van der Waals surface area contributed by atoms with Crippen LogP contribution in [0.3, 0.4) is 0 Å². The molecule has 0 radical (unpaired) electrons. The summed E-state index contributed by atoms with van der Waals surface area (Å²) in [5.41, 5.74) is 2.17. The van der Waals surface area contributed by atoms with E-state index in [0.717, 1.165) is 11.5 Å². The number of morpholine rings is 1. The first-order chi connectivity index (χ1) is 11.5. The predicted octanol–water partition coefficient (Wildman–Crippen LogP) is 1.08. The highest BCUT2D eigenvalue weighted by atomic mass is 16.5. The van der Waals surface area contributed by atoms with Crippen LogP contribution in [0.2, 0.25) is 0 Å². The van der Waals surface area contributed by atoms with Gasteiger partial charge in [0.2, 0.25) is 0 Å². The van der Waals surface area contributed by atoms with Crippen LogP contribution in [0.4, 0.5) is 5.82 Å². The Hall–Kier alpha value is -2.48. The fourth-order valence-electron chi connectivity index (χ4n) is 2.89. The molecule has 1 aliphatic heterocycles. The third kappa shape index (κ3) is 3.09. The molecule has 1 fully saturated rings. The highest BCUT2D eigenvalue weighted by Gasteiger charge is 2.33. The van der Waals surface area contributed by atoms with Gasteiger partial charge in [-0.25, -0.2) is 9.97 Å². The summed E-state index contributed by atoms with van der Waals surface area (Å²) in [6.07, 6.45) is 1.75. The Balaban J connectivity index is 1.95. The van der Waals surface area contributed by atoms with Crippen LogP contribution in [0.1, 0.15) is 33.6 Å². The predicted molar refractivity (Wildman–Crippen MR) is 88.9 cm³/mol. The fraction of sp³-hybridized carbons (Fsp3) is 0.500. The number of anilines is 1. The number of hydrogen-bond donors (Lipinski definition) is 1. The van der Waals surface area contributed by atoms with E-state index in [9.17, 15) is 4.79 Å². The molecule has 1 saturated heterocycles. The summed E-state index contributed by atoms with van der Waals surface area (Å²) >= 11 is 0. The first kappa shape index (κ1) is 16.4. The average Bonchev–Trinajstić information content (AvgIpc) is 2.92. The maximum Gasteiger partial charge on any atom is 0.258 e. The number of nitrogens with zero attached hydrogens (tertiary/aromatic N) is 5. The van der Waals surface area contributed by atoms with Crippen LogP contribution in [0.25, 0.3) is 0 Å². The molecule has 3 rings (SSSR count). The molecule has 1 amide bonds.